The highest BCUT2D eigenvalue weighted by atomic mass is 16.6. The normalized spacial score (nSPS) is 22.2. The van der Waals surface area contributed by atoms with E-state index in [1.165, 1.54) is 0 Å². The number of aromatic nitrogens is 1. The lowest BCUT2D eigenvalue weighted by atomic mass is 10.0. The van der Waals surface area contributed by atoms with Crippen LogP contribution in [0.1, 0.15) is 31.5 Å². The van der Waals surface area contributed by atoms with Crippen LogP contribution in [0.15, 0.2) is 12.1 Å². The van der Waals surface area contributed by atoms with Crippen molar-refractivity contribution in [3.05, 3.63) is 17.8 Å². The first kappa shape index (κ1) is 12.7. The summed E-state index contributed by atoms with van der Waals surface area (Å²) >= 11 is 0. The Hall–Kier alpha value is -1.33. The van der Waals surface area contributed by atoms with Gasteiger partial charge in [-0.05, 0) is 31.9 Å². The maximum Gasteiger partial charge on any atom is 0.257 e. The minimum atomic E-state index is -0.142. The highest BCUT2D eigenvalue weighted by Crippen LogP contribution is 2.31. The monoisotopic (exact) mass is 264 g/mol. The van der Waals surface area contributed by atoms with E-state index in [0.29, 0.717) is 19.1 Å². The summed E-state index contributed by atoms with van der Waals surface area (Å²) in [5.41, 5.74) is 1.00. The van der Waals surface area contributed by atoms with E-state index in [4.69, 9.17) is 9.47 Å². The minimum absolute atomic E-state index is 0.142. The molecule has 3 rings (SSSR count). The van der Waals surface area contributed by atoms with Crippen LogP contribution in [0.3, 0.4) is 0 Å². The fraction of sp³-hybridized carbons (Fsp3) is 0.643. The van der Waals surface area contributed by atoms with Gasteiger partial charge in [-0.1, -0.05) is 0 Å². The van der Waals surface area contributed by atoms with Gasteiger partial charge in [-0.2, -0.15) is 0 Å². The van der Waals surface area contributed by atoms with Crippen LogP contribution >= 0.6 is 0 Å². The summed E-state index contributed by atoms with van der Waals surface area (Å²) in [7, 11) is 0. The Morgan fingerprint density at radius 3 is 2.79 bits per heavy atom. The van der Waals surface area contributed by atoms with Crippen LogP contribution in [0.5, 0.6) is 11.6 Å². The molecule has 5 heteroatoms. The SMILES string of the molecule is CC(c1ccc2c(n1)OCCO2)N1CCC(O)CC1. The van der Waals surface area contributed by atoms with E-state index in [1.807, 2.05) is 12.1 Å². The molecule has 1 aromatic heterocycles. The number of rotatable bonds is 2. The molecule has 104 valence electrons. The molecule has 0 spiro atoms. The number of aliphatic hydroxyl groups is 1. The molecule has 0 aliphatic carbocycles. The van der Waals surface area contributed by atoms with Gasteiger partial charge in [0.15, 0.2) is 5.75 Å². The number of hydrogen-bond donors (Lipinski definition) is 1. The highest BCUT2D eigenvalue weighted by molar-refractivity contribution is 5.36. The molecule has 2 aliphatic heterocycles. The summed E-state index contributed by atoms with van der Waals surface area (Å²) < 4.78 is 11.0. The zero-order valence-corrected chi connectivity index (χ0v) is 11.2. The van der Waals surface area contributed by atoms with Gasteiger partial charge >= 0.3 is 0 Å². The Labute approximate surface area is 113 Å². The van der Waals surface area contributed by atoms with Crippen LogP contribution in [0, 0.1) is 0 Å². The lowest BCUT2D eigenvalue weighted by molar-refractivity contribution is 0.0632. The van der Waals surface area contributed by atoms with Crippen molar-refractivity contribution < 1.29 is 14.6 Å². The fourth-order valence-corrected chi connectivity index (χ4v) is 2.64. The summed E-state index contributed by atoms with van der Waals surface area (Å²) in [6.07, 6.45) is 1.54. The van der Waals surface area contributed by atoms with E-state index in [9.17, 15) is 5.11 Å². The molecule has 3 heterocycles. The zero-order chi connectivity index (χ0) is 13.2. The average molecular weight is 264 g/mol. The standard InChI is InChI=1S/C14H20N2O3/c1-10(16-6-4-11(17)5-7-16)12-2-3-13-14(15-12)19-9-8-18-13/h2-3,10-11,17H,4-9H2,1H3. The molecule has 1 N–H and O–H groups in total. The van der Waals surface area contributed by atoms with E-state index in [0.717, 1.165) is 37.4 Å². The zero-order valence-electron chi connectivity index (χ0n) is 11.2. The average Bonchev–Trinajstić information content (AvgIpc) is 2.47. The molecular formula is C14H20N2O3. The molecule has 1 fully saturated rings. The molecule has 0 saturated carbocycles. The topological polar surface area (TPSA) is 54.8 Å². The molecule has 2 aliphatic rings. The van der Waals surface area contributed by atoms with Gasteiger partial charge in [0.1, 0.15) is 13.2 Å². The van der Waals surface area contributed by atoms with Crippen molar-refractivity contribution in [3.63, 3.8) is 0 Å². The summed E-state index contributed by atoms with van der Waals surface area (Å²) in [6, 6.07) is 4.18. The Balaban J connectivity index is 1.74. The second-order valence-corrected chi connectivity index (χ2v) is 5.18. The molecule has 1 atom stereocenters. The van der Waals surface area contributed by atoms with Crippen LogP contribution < -0.4 is 9.47 Å². The third kappa shape index (κ3) is 2.67. The van der Waals surface area contributed by atoms with Crippen molar-refractivity contribution in [1.82, 2.24) is 9.88 Å². The van der Waals surface area contributed by atoms with Gasteiger partial charge in [-0.3, -0.25) is 4.90 Å². The number of nitrogens with zero attached hydrogens (tertiary/aromatic N) is 2. The first-order valence-electron chi connectivity index (χ1n) is 6.92. The maximum atomic E-state index is 9.56. The summed E-state index contributed by atoms with van der Waals surface area (Å²) in [6.45, 7) is 5.13. The van der Waals surface area contributed by atoms with E-state index in [-0.39, 0.29) is 12.1 Å². The fourth-order valence-electron chi connectivity index (χ4n) is 2.64. The molecular weight excluding hydrogens is 244 g/mol. The summed E-state index contributed by atoms with van der Waals surface area (Å²) in [5, 5.41) is 9.56. The molecule has 1 saturated heterocycles. The number of pyridine rings is 1. The number of ether oxygens (including phenoxy) is 2. The van der Waals surface area contributed by atoms with Crippen molar-refractivity contribution in [2.24, 2.45) is 0 Å². The highest BCUT2D eigenvalue weighted by Gasteiger charge is 2.24. The maximum absolute atomic E-state index is 9.56. The molecule has 0 radical (unpaired) electrons. The third-order valence-electron chi connectivity index (χ3n) is 3.90. The van der Waals surface area contributed by atoms with Crippen LogP contribution in [0.25, 0.3) is 0 Å². The molecule has 0 aromatic carbocycles. The number of aliphatic hydroxyl groups excluding tert-OH is 1. The Kier molecular flexibility index (Phi) is 3.57. The van der Waals surface area contributed by atoms with Gasteiger partial charge in [-0.25, -0.2) is 4.98 Å². The minimum Gasteiger partial charge on any atom is -0.484 e. The third-order valence-corrected chi connectivity index (χ3v) is 3.90. The van der Waals surface area contributed by atoms with Crippen LogP contribution in [0.4, 0.5) is 0 Å². The van der Waals surface area contributed by atoms with Crippen molar-refractivity contribution in [2.45, 2.75) is 31.9 Å². The van der Waals surface area contributed by atoms with Crippen molar-refractivity contribution >= 4 is 0 Å². The van der Waals surface area contributed by atoms with Gasteiger partial charge in [0, 0.05) is 19.1 Å². The van der Waals surface area contributed by atoms with E-state index < -0.39 is 0 Å². The Bertz CT molecular complexity index is 444. The second kappa shape index (κ2) is 5.35. The number of piperidine rings is 1. The number of likely N-dealkylation sites (tertiary alicyclic amines) is 1. The number of hydrogen-bond acceptors (Lipinski definition) is 5. The first-order valence-corrected chi connectivity index (χ1v) is 6.92. The van der Waals surface area contributed by atoms with Crippen LogP contribution in [-0.4, -0.2) is 47.4 Å². The van der Waals surface area contributed by atoms with Gasteiger partial charge in [0.2, 0.25) is 0 Å². The molecule has 19 heavy (non-hydrogen) atoms. The van der Waals surface area contributed by atoms with Gasteiger partial charge in [-0.15, -0.1) is 0 Å². The van der Waals surface area contributed by atoms with Crippen molar-refractivity contribution in [2.75, 3.05) is 26.3 Å². The molecule has 0 amide bonds. The van der Waals surface area contributed by atoms with Crippen LogP contribution in [0.2, 0.25) is 0 Å². The van der Waals surface area contributed by atoms with E-state index in [2.05, 4.69) is 16.8 Å². The van der Waals surface area contributed by atoms with Gasteiger partial charge in [0.25, 0.3) is 5.88 Å². The summed E-state index contributed by atoms with van der Waals surface area (Å²) in [5.74, 6) is 1.34. The molecule has 1 unspecified atom stereocenters. The Morgan fingerprint density at radius 2 is 2.00 bits per heavy atom. The smallest absolute Gasteiger partial charge is 0.257 e. The lowest BCUT2D eigenvalue weighted by Gasteiger charge is -2.34. The quantitative estimate of drug-likeness (QED) is 0.874. The van der Waals surface area contributed by atoms with Gasteiger partial charge < -0.3 is 14.6 Å². The predicted molar refractivity (Wildman–Crippen MR) is 70.5 cm³/mol. The van der Waals surface area contributed by atoms with Crippen molar-refractivity contribution in [1.29, 1.82) is 0 Å². The van der Waals surface area contributed by atoms with Gasteiger partial charge in [0.05, 0.1) is 11.8 Å². The molecule has 1 aromatic rings. The second-order valence-electron chi connectivity index (χ2n) is 5.18. The van der Waals surface area contributed by atoms with E-state index >= 15 is 0 Å². The number of fused-ring (bicyclic) bond motifs is 1. The molecule has 5 nitrogen and oxygen atoms in total. The predicted octanol–water partition coefficient (Wildman–Crippen LogP) is 1.37. The Morgan fingerprint density at radius 1 is 1.26 bits per heavy atom. The van der Waals surface area contributed by atoms with E-state index in [1.54, 1.807) is 0 Å². The lowest BCUT2D eigenvalue weighted by Crippen LogP contribution is -2.37. The largest absolute Gasteiger partial charge is 0.484 e. The van der Waals surface area contributed by atoms with Crippen molar-refractivity contribution in [3.8, 4) is 11.6 Å². The molecule has 0 bridgehead atoms. The van der Waals surface area contributed by atoms with Crippen LogP contribution in [-0.2, 0) is 0 Å². The first-order chi connectivity index (χ1) is 9.24. The summed E-state index contributed by atoms with van der Waals surface area (Å²) in [4.78, 5) is 6.91.